The number of nitrogens with one attached hydrogen (secondary N) is 1. The van der Waals surface area contributed by atoms with Crippen LogP contribution >= 0.6 is 0 Å². The smallest absolute Gasteiger partial charge is 0.163 e. The average molecular weight is 244 g/mol. The van der Waals surface area contributed by atoms with Crippen molar-refractivity contribution in [1.82, 2.24) is 0 Å². The van der Waals surface area contributed by atoms with E-state index in [-0.39, 0.29) is 11.4 Å². The number of rotatable bonds is 3. The van der Waals surface area contributed by atoms with E-state index in [0.29, 0.717) is 5.69 Å². The molecule has 0 heterocycles. The molecule has 5 nitrogen and oxygen atoms in total. The van der Waals surface area contributed by atoms with Crippen LogP contribution in [0.15, 0.2) is 53.5 Å². The zero-order chi connectivity index (χ0) is 13.0. The Hall–Kier alpha value is -2.21. The van der Waals surface area contributed by atoms with Crippen LogP contribution in [0.5, 0.6) is 5.75 Å². The number of nitrogens with zero attached hydrogens (tertiary/aromatic N) is 1. The van der Waals surface area contributed by atoms with Crippen LogP contribution in [0.1, 0.15) is 5.56 Å². The Labute approximate surface area is 104 Å². The quantitative estimate of drug-likeness (QED) is 0.566. The minimum absolute atomic E-state index is 0.206. The van der Waals surface area contributed by atoms with E-state index in [9.17, 15) is 5.21 Å². The Morgan fingerprint density at radius 1 is 1.00 bits per heavy atom. The van der Waals surface area contributed by atoms with E-state index in [0.717, 1.165) is 5.56 Å². The molecule has 0 aliphatic carbocycles. The van der Waals surface area contributed by atoms with Gasteiger partial charge >= 0.3 is 0 Å². The van der Waals surface area contributed by atoms with Gasteiger partial charge in [-0.05, 0) is 42.0 Å². The maximum Gasteiger partial charge on any atom is 0.163 e. The average Bonchev–Trinajstić information content (AvgIpc) is 2.38. The molecule has 0 aliphatic heterocycles. The van der Waals surface area contributed by atoms with Gasteiger partial charge in [0.1, 0.15) is 5.75 Å². The lowest BCUT2D eigenvalue weighted by atomic mass is 10.2. The summed E-state index contributed by atoms with van der Waals surface area (Å²) in [6.07, 6.45) is 1.65. The topological polar surface area (TPSA) is 80.3 Å². The van der Waals surface area contributed by atoms with Crippen molar-refractivity contribution in [3.05, 3.63) is 59.3 Å². The summed E-state index contributed by atoms with van der Waals surface area (Å²) in [5.74, 6) is 0.206. The molecule has 0 radical (unpaired) electrons. The van der Waals surface area contributed by atoms with E-state index in [4.69, 9.17) is 10.3 Å². The summed E-state index contributed by atoms with van der Waals surface area (Å²) in [5.41, 5.74) is 1.77. The van der Waals surface area contributed by atoms with Gasteiger partial charge in [0.2, 0.25) is 0 Å². The lowest BCUT2D eigenvalue weighted by molar-refractivity contribution is -0.991. The highest BCUT2D eigenvalue weighted by Gasteiger charge is 1.98. The Kier molecular flexibility index (Phi) is 3.69. The monoisotopic (exact) mass is 244 g/mol. The van der Waals surface area contributed by atoms with Crippen LogP contribution in [0.4, 0.5) is 11.4 Å². The van der Waals surface area contributed by atoms with Gasteiger partial charge in [-0.25, -0.2) is 5.21 Å². The van der Waals surface area contributed by atoms with Crippen molar-refractivity contribution in [1.29, 1.82) is 0 Å². The fraction of sp³-hybridized carbons (Fsp3) is 0. The lowest BCUT2D eigenvalue weighted by Gasteiger charge is -2.10. The molecule has 92 valence electrons. The summed E-state index contributed by atoms with van der Waals surface area (Å²) < 4.78 is 0. The highest BCUT2D eigenvalue weighted by molar-refractivity contribution is 5.82. The Bertz CT molecular complexity index is 533. The molecule has 5 heteroatoms. The molecule has 2 aromatic rings. The van der Waals surface area contributed by atoms with Crippen molar-refractivity contribution in [2.45, 2.75) is 0 Å². The van der Waals surface area contributed by atoms with E-state index in [2.05, 4.69) is 4.99 Å². The summed E-state index contributed by atoms with van der Waals surface area (Å²) >= 11 is 0. The molecule has 0 aliphatic rings. The van der Waals surface area contributed by atoms with Gasteiger partial charge < -0.3 is 10.3 Å². The van der Waals surface area contributed by atoms with Gasteiger partial charge in [-0.3, -0.25) is 4.99 Å². The molecule has 0 amide bonds. The van der Waals surface area contributed by atoms with Crippen molar-refractivity contribution >= 4 is 17.6 Å². The Balaban J connectivity index is 2.11. The molecule has 0 fully saturated rings. The molecule has 0 spiro atoms. The number of phenols is 1. The van der Waals surface area contributed by atoms with Gasteiger partial charge in [0, 0.05) is 18.3 Å². The van der Waals surface area contributed by atoms with Gasteiger partial charge in [0.15, 0.2) is 5.69 Å². The zero-order valence-corrected chi connectivity index (χ0v) is 9.45. The first-order valence-corrected chi connectivity index (χ1v) is 5.31. The molecule has 0 aromatic heterocycles. The number of aromatic hydroxyl groups is 1. The normalized spacial score (nSPS) is 12.8. The molecule has 0 saturated heterocycles. The predicted octanol–water partition coefficient (Wildman–Crippen LogP) is 1.55. The number of quaternary nitrogens is 1. The number of benzene rings is 2. The maximum atomic E-state index is 10.7. The van der Waals surface area contributed by atoms with Crippen molar-refractivity contribution in [2.24, 2.45) is 4.99 Å². The van der Waals surface area contributed by atoms with Crippen LogP contribution in [0.2, 0.25) is 0 Å². The number of hydrogen-bond donors (Lipinski definition) is 3. The molecular weight excluding hydrogens is 232 g/mol. The zero-order valence-electron chi connectivity index (χ0n) is 9.45. The number of hydrogen-bond acceptors (Lipinski definition) is 4. The van der Waals surface area contributed by atoms with Gasteiger partial charge in [0.25, 0.3) is 0 Å². The van der Waals surface area contributed by atoms with Crippen molar-refractivity contribution in [2.75, 3.05) is 0 Å². The van der Waals surface area contributed by atoms with E-state index in [1.165, 1.54) is 12.1 Å². The van der Waals surface area contributed by atoms with E-state index in [1.807, 2.05) is 0 Å². The summed E-state index contributed by atoms with van der Waals surface area (Å²) in [7, 11) is 0. The predicted molar refractivity (Wildman–Crippen MR) is 67.6 cm³/mol. The van der Waals surface area contributed by atoms with E-state index < -0.39 is 5.23 Å². The second kappa shape index (κ2) is 5.42. The van der Waals surface area contributed by atoms with Crippen LogP contribution in [0, 0.1) is 5.21 Å². The van der Waals surface area contributed by atoms with Gasteiger partial charge in [0.05, 0.1) is 5.69 Å². The molecule has 3 N–H and O–H groups in total. The Morgan fingerprint density at radius 2 is 1.61 bits per heavy atom. The molecule has 2 rings (SSSR count). The van der Waals surface area contributed by atoms with E-state index >= 15 is 0 Å². The summed E-state index contributed by atoms with van der Waals surface area (Å²) in [6.45, 7) is 0. The molecule has 1 unspecified atom stereocenters. The minimum Gasteiger partial charge on any atom is -0.595 e. The largest absolute Gasteiger partial charge is 0.595 e. The second-order valence-electron chi connectivity index (χ2n) is 3.70. The third-order valence-electron chi connectivity index (χ3n) is 2.37. The van der Waals surface area contributed by atoms with Crippen molar-refractivity contribution in [3.8, 4) is 5.75 Å². The van der Waals surface area contributed by atoms with Crippen LogP contribution in [-0.4, -0.2) is 16.5 Å². The molecule has 0 saturated carbocycles. The standard InChI is InChI=1S/C13H12N2O3/c16-13-7-1-10(2-8-13)9-14-11-3-5-12(6-4-11)15(17)18/h1-9,15-17H. The summed E-state index contributed by atoms with van der Waals surface area (Å²) in [4.78, 5) is 4.21. The molecular formula is C13H12N2O3. The molecule has 0 bridgehead atoms. The molecule has 18 heavy (non-hydrogen) atoms. The fourth-order valence-corrected chi connectivity index (χ4v) is 1.40. The Morgan fingerprint density at radius 3 is 2.17 bits per heavy atom. The van der Waals surface area contributed by atoms with Crippen molar-refractivity contribution < 1.29 is 15.5 Å². The third-order valence-corrected chi connectivity index (χ3v) is 2.37. The first-order chi connectivity index (χ1) is 8.65. The second-order valence-corrected chi connectivity index (χ2v) is 3.70. The SMILES string of the molecule is [O-][NH+](O)c1ccc(N=Cc2ccc(O)cc2)cc1. The van der Waals surface area contributed by atoms with Crippen LogP contribution in [0.3, 0.4) is 0 Å². The lowest BCUT2D eigenvalue weighted by Crippen LogP contribution is -2.99. The number of phenolic OH excluding ortho intramolecular Hbond substituents is 1. The minimum atomic E-state index is -0.955. The van der Waals surface area contributed by atoms with Gasteiger partial charge in [-0.2, -0.15) is 5.23 Å². The van der Waals surface area contributed by atoms with Gasteiger partial charge in [-0.15, -0.1) is 0 Å². The molecule has 2 aromatic carbocycles. The van der Waals surface area contributed by atoms with Gasteiger partial charge in [-0.1, -0.05) is 0 Å². The number of aliphatic imine (C=N–C) groups is 1. The van der Waals surface area contributed by atoms with E-state index in [1.54, 1.807) is 42.6 Å². The van der Waals surface area contributed by atoms with Crippen LogP contribution < -0.4 is 5.23 Å². The maximum absolute atomic E-state index is 10.7. The summed E-state index contributed by atoms with van der Waals surface area (Å²) in [5, 5.41) is 27.6. The first kappa shape index (κ1) is 12.3. The van der Waals surface area contributed by atoms with Crippen molar-refractivity contribution in [3.63, 3.8) is 0 Å². The highest BCUT2D eigenvalue weighted by Crippen LogP contribution is 2.14. The first-order valence-electron chi connectivity index (χ1n) is 5.31. The van der Waals surface area contributed by atoms with Crippen LogP contribution in [0.25, 0.3) is 0 Å². The van der Waals surface area contributed by atoms with Crippen LogP contribution in [-0.2, 0) is 0 Å². The third kappa shape index (κ3) is 3.14. The molecule has 1 atom stereocenters. The highest BCUT2D eigenvalue weighted by atomic mass is 16.8. The summed E-state index contributed by atoms with van der Waals surface area (Å²) in [6, 6.07) is 12.9. The fourth-order valence-electron chi connectivity index (χ4n) is 1.40.